The van der Waals surface area contributed by atoms with Gasteiger partial charge in [-0.2, -0.15) is 15.1 Å². The van der Waals surface area contributed by atoms with Gasteiger partial charge in [0.2, 0.25) is 5.17 Å². The summed E-state index contributed by atoms with van der Waals surface area (Å²) in [6.45, 7) is 10.1. The van der Waals surface area contributed by atoms with Gasteiger partial charge in [-0.15, -0.1) is 0 Å². The van der Waals surface area contributed by atoms with E-state index in [1.165, 1.54) is 16.8 Å². The molecule has 2 aliphatic heterocycles. The zero-order valence-electron chi connectivity index (χ0n) is 18.5. The van der Waals surface area contributed by atoms with Crippen molar-refractivity contribution < 1.29 is 9.53 Å². The van der Waals surface area contributed by atoms with E-state index in [1.807, 2.05) is 52.8 Å². The molecule has 8 heteroatoms. The number of rotatable bonds is 4. The van der Waals surface area contributed by atoms with Gasteiger partial charge in [0, 0.05) is 17.3 Å². The molecule has 0 saturated heterocycles. The predicted octanol–water partition coefficient (Wildman–Crippen LogP) is 4.69. The molecule has 1 amide bonds. The molecule has 1 aromatic carbocycles. The molecule has 2 aliphatic rings. The third kappa shape index (κ3) is 3.61. The molecule has 160 valence electrons. The zero-order valence-corrected chi connectivity index (χ0v) is 19.3. The summed E-state index contributed by atoms with van der Waals surface area (Å²) >= 11 is 1.35. The first-order valence-corrected chi connectivity index (χ1v) is 10.9. The maximum Gasteiger partial charge on any atom is 0.283 e. The van der Waals surface area contributed by atoms with E-state index < -0.39 is 5.91 Å². The predicted molar refractivity (Wildman–Crippen MR) is 126 cm³/mol. The molecule has 0 spiro atoms. The number of nitrogens with one attached hydrogen (secondary N) is 1. The molecule has 0 fully saturated rings. The summed E-state index contributed by atoms with van der Waals surface area (Å²) in [5.74, 6) is 0.613. The van der Waals surface area contributed by atoms with Gasteiger partial charge >= 0.3 is 0 Å². The lowest BCUT2D eigenvalue weighted by Gasteiger charge is -2.20. The normalized spacial score (nSPS) is 17.4. The average molecular weight is 436 g/mol. The zero-order chi connectivity index (χ0) is 22.4. The summed E-state index contributed by atoms with van der Waals surface area (Å²) in [6.07, 6.45) is 1.74. The van der Waals surface area contributed by atoms with Gasteiger partial charge in [-0.1, -0.05) is 19.9 Å². The largest absolute Gasteiger partial charge is 0.495 e. The van der Waals surface area contributed by atoms with Crippen LogP contribution in [0, 0.1) is 32.1 Å². The number of aromatic nitrogens is 1. The highest BCUT2D eigenvalue weighted by Gasteiger charge is 2.36. The molecule has 0 unspecified atom stereocenters. The minimum atomic E-state index is -0.415. The van der Waals surface area contributed by atoms with E-state index in [4.69, 9.17) is 10.1 Å². The van der Waals surface area contributed by atoms with Gasteiger partial charge in [-0.3, -0.25) is 10.2 Å². The van der Waals surface area contributed by atoms with Gasteiger partial charge in [0.05, 0.1) is 18.4 Å². The second-order valence-electron chi connectivity index (χ2n) is 7.95. The van der Waals surface area contributed by atoms with Crippen LogP contribution in [-0.4, -0.2) is 38.6 Å². The fraction of sp³-hybridized carbons (Fsp3) is 0.304. The number of fused-ring (bicyclic) bond motifs is 1. The number of carbonyl (C=O) groups excluding carboxylic acids is 1. The highest BCUT2D eigenvalue weighted by molar-refractivity contribution is 8.27. The highest BCUT2D eigenvalue weighted by Crippen LogP contribution is 2.33. The van der Waals surface area contributed by atoms with Crippen molar-refractivity contribution >= 4 is 39.8 Å². The summed E-state index contributed by atoms with van der Waals surface area (Å²) in [5.41, 5.74) is 5.10. The lowest BCUT2D eigenvalue weighted by Crippen LogP contribution is -2.35. The van der Waals surface area contributed by atoms with Crippen molar-refractivity contribution in [3.05, 3.63) is 52.4 Å². The number of thioether (sulfide) groups is 1. The van der Waals surface area contributed by atoms with Gasteiger partial charge in [0.25, 0.3) is 5.91 Å². The molecule has 1 aromatic heterocycles. The molecule has 1 N–H and O–H groups in total. The molecule has 4 rings (SSSR count). The second kappa shape index (κ2) is 7.85. The fourth-order valence-electron chi connectivity index (χ4n) is 3.67. The first-order chi connectivity index (χ1) is 14.7. The molecule has 3 heterocycles. The van der Waals surface area contributed by atoms with Crippen molar-refractivity contribution in [3.63, 3.8) is 0 Å². The van der Waals surface area contributed by atoms with Crippen LogP contribution in [0.25, 0.3) is 11.8 Å². The number of amidine groups is 2. The Morgan fingerprint density at radius 3 is 2.61 bits per heavy atom. The van der Waals surface area contributed by atoms with Crippen LogP contribution in [0.3, 0.4) is 0 Å². The summed E-state index contributed by atoms with van der Waals surface area (Å²) in [5, 5.41) is 15.8. The van der Waals surface area contributed by atoms with Crippen molar-refractivity contribution in [3.8, 4) is 11.4 Å². The van der Waals surface area contributed by atoms with E-state index in [2.05, 4.69) is 20.7 Å². The number of aliphatic imine (C=N–C) groups is 1. The van der Waals surface area contributed by atoms with Gasteiger partial charge in [-0.05, 0) is 67.9 Å². The van der Waals surface area contributed by atoms with Crippen molar-refractivity contribution in [2.24, 2.45) is 16.0 Å². The Labute approximate surface area is 186 Å². The summed E-state index contributed by atoms with van der Waals surface area (Å²) in [4.78, 5) is 16.9. The summed E-state index contributed by atoms with van der Waals surface area (Å²) in [7, 11) is 1.66. The number of aryl methyl sites for hydroxylation is 2. The Hall–Kier alpha value is -3.13. The number of nitrogens with zero attached hydrogens (tertiary/aromatic N) is 4. The van der Waals surface area contributed by atoms with Crippen LogP contribution in [0.1, 0.15) is 36.4 Å². The van der Waals surface area contributed by atoms with E-state index in [0.29, 0.717) is 5.17 Å². The minimum absolute atomic E-state index is 0.0519. The van der Waals surface area contributed by atoms with Crippen molar-refractivity contribution in [1.82, 2.24) is 9.58 Å². The van der Waals surface area contributed by atoms with Crippen LogP contribution in [0.5, 0.6) is 5.75 Å². The topological polar surface area (TPSA) is 83.0 Å². The number of methoxy groups -OCH3 is 1. The van der Waals surface area contributed by atoms with Crippen LogP contribution in [-0.2, 0) is 4.79 Å². The average Bonchev–Trinajstić information content (AvgIpc) is 3.26. The summed E-state index contributed by atoms with van der Waals surface area (Å²) in [6, 6.07) is 8.04. The number of amides is 1. The highest BCUT2D eigenvalue weighted by atomic mass is 32.2. The number of hydrogen-bond acceptors (Lipinski definition) is 5. The van der Waals surface area contributed by atoms with Gasteiger partial charge in [0.1, 0.15) is 10.8 Å². The third-order valence-corrected chi connectivity index (χ3v) is 6.52. The Morgan fingerprint density at radius 2 is 1.94 bits per heavy atom. The molecule has 2 aromatic rings. The van der Waals surface area contributed by atoms with E-state index in [9.17, 15) is 4.79 Å². The van der Waals surface area contributed by atoms with Gasteiger partial charge < -0.3 is 9.30 Å². The van der Waals surface area contributed by atoms with Crippen molar-refractivity contribution in [1.29, 1.82) is 5.41 Å². The molecule has 0 bridgehead atoms. The number of hydrogen-bond donors (Lipinski definition) is 1. The monoisotopic (exact) mass is 435 g/mol. The number of hydrazone groups is 1. The van der Waals surface area contributed by atoms with Crippen LogP contribution in [0.4, 0.5) is 0 Å². The SMILES string of the molecule is COc1ccc(C)cc1-n1c(C)cc(/C=C2\C(=N)N3N=C(C(C)C)SC3=NC2=O)c1C. The quantitative estimate of drug-likeness (QED) is 0.707. The molecule has 0 aliphatic carbocycles. The Morgan fingerprint density at radius 1 is 1.19 bits per heavy atom. The van der Waals surface area contributed by atoms with Gasteiger partial charge in [0.15, 0.2) is 5.84 Å². The smallest absolute Gasteiger partial charge is 0.283 e. The molecular weight excluding hydrogens is 410 g/mol. The van der Waals surface area contributed by atoms with E-state index in [-0.39, 0.29) is 17.3 Å². The molecular formula is C23H25N5O2S. The number of ether oxygens (including phenoxy) is 1. The minimum Gasteiger partial charge on any atom is -0.495 e. The maximum atomic E-state index is 12.7. The van der Waals surface area contributed by atoms with Crippen LogP contribution >= 0.6 is 11.8 Å². The van der Waals surface area contributed by atoms with Crippen LogP contribution < -0.4 is 4.74 Å². The van der Waals surface area contributed by atoms with E-state index in [0.717, 1.165) is 39.0 Å². The Kier molecular flexibility index (Phi) is 5.35. The molecule has 0 atom stereocenters. The molecule has 0 radical (unpaired) electrons. The maximum absolute atomic E-state index is 12.7. The first kappa shape index (κ1) is 21.1. The fourth-order valence-corrected chi connectivity index (χ4v) is 4.57. The molecule has 0 saturated carbocycles. The Balaban J connectivity index is 1.78. The molecule has 31 heavy (non-hydrogen) atoms. The van der Waals surface area contributed by atoms with Crippen molar-refractivity contribution in [2.75, 3.05) is 7.11 Å². The van der Waals surface area contributed by atoms with Crippen LogP contribution in [0.2, 0.25) is 0 Å². The van der Waals surface area contributed by atoms with Crippen molar-refractivity contribution in [2.45, 2.75) is 34.6 Å². The van der Waals surface area contributed by atoms with Crippen LogP contribution in [0.15, 0.2) is 39.9 Å². The summed E-state index contributed by atoms with van der Waals surface area (Å²) < 4.78 is 7.67. The van der Waals surface area contributed by atoms with Gasteiger partial charge in [-0.25, -0.2) is 0 Å². The Bertz CT molecular complexity index is 1200. The number of benzene rings is 1. The van der Waals surface area contributed by atoms with E-state index >= 15 is 0 Å². The molecule has 7 nitrogen and oxygen atoms in total. The first-order valence-electron chi connectivity index (χ1n) is 10.0. The second-order valence-corrected chi connectivity index (χ2v) is 8.94. The standard InChI is InChI=1S/C23H25N5O2S/c1-12(2)22-26-28-20(24)17(21(29)25-23(28)31-22)11-16-10-14(4)27(15(16)5)18-9-13(3)7-8-19(18)30-6/h7-12,24H,1-6H3/b17-11+,24-20?. The number of carbonyl (C=O) groups is 1. The lowest BCUT2D eigenvalue weighted by atomic mass is 10.1. The lowest BCUT2D eigenvalue weighted by molar-refractivity contribution is -0.114. The van der Waals surface area contributed by atoms with E-state index in [1.54, 1.807) is 13.2 Å². The third-order valence-electron chi connectivity index (χ3n) is 5.31.